The molecule has 2 aliphatic rings. The van der Waals surface area contributed by atoms with Crippen molar-refractivity contribution in [3.8, 4) is 0 Å². The summed E-state index contributed by atoms with van der Waals surface area (Å²) in [5.74, 6) is -0.880. The van der Waals surface area contributed by atoms with Crippen molar-refractivity contribution in [2.24, 2.45) is 5.92 Å². The normalized spacial score (nSPS) is 20.1. The Morgan fingerprint density at radius 1 is 0.941 bits per heavy atom. The first-order chi connectivity index (χ1) is 16.4. The molecule has 0 aliphatic carbocycles. The van der Waals surface area contributed by atoms with Crippen LogP contribution in [0.25, 0.3) is 0 Å². The van der Waals surface area contributed by atoms with Crippen LogP contribution >= 0.6 is 0 Å². The minimum atomic E-state index is -3.67. The van der Waals surface area contributed by atoms with Crippen LogP contribution in [-0.2, 0) is 19.6 Å². The Balaban J connectivity index is 1.42. The largest absolute Gasteiger partial charge is 0.341 e. The van der Waals surface area contributed by atoms with Crippen LogP contribution in [0.1, 0.15) is 42.9 Å². The quantitative estimate of drug-likeness (QED) is 0.588. The molecule has 0 radical (unpaired) electrons. The third-order valence-corrected chi connectivity index (χ3v) is 8.43. The van der Waals surface area contributed by atoms with Gasteiger partial charge in [0.05, 0.1) is 10.8 Å². The summed E-state index contributed by atoms with van der Waals surface area (Å²) in [6.45, 7) is 3.83. The topological polar surface area (TPSA) is 98.8 Å². The van der Waals surface area contributed by atoms with Gasteiger partial charge in [0.15, 0.2) is 0 Å². The van der Waals surface area contributed by atoms with Crippen molar-refractivity contribution in [1.82, 2.24) is 20.1 Å². The highest BCUT2D eigenvalue weighted by molar-refractivity contribution is 7.89. The molecule has 4 rings (SSSR count). The third-order valence-electron chi connectivity index (χ3n) is 6.55. The van der Waals surface area contributed by atoms with Crippen molar-refractivity contribution in [1.29, 1.82) is 0 Å². The van der Waals surface area contributed by atoms with Gasteiger partial charge in [-0.3, -0.25) is 15.0 Å². The number of rotatable bonds is 7. The van der Waals surface area contributed by atoms with Crippen molar-refractivity contribution >= 4 is 21.8 Å². The van der Waals surface area contributed by atoms with E-state index in [1.165, 1.54) is 4.31 Å². The van der Waals surface area contributed by atoms with Gasteiger partial charge in [-0.2, -0.15) is 4.31 Å². The Morgan fingerprint density at radius 2 is 1.62 bits per heavy atom. The molecule has 34 heavy (non-hydrogen) atoms. The Bertz CT molecular complexity index is 1100. The van der Waals surface area contributed by atoms with Gasteiger partial charge in [-0.1, -0.05) is 48.0 Å². The minimum Gasteiger partial charge on any atom is -0.341 e. The zero-order valence-corrected chi connectivity index (χ0v) is 20.3. The number of nitrogens with one attached hydrogen (secondary N) is 2. The maximum absolute atomic E-state index is 13.1. The Labute approximate surface area is 201 Å². The Kier molecular flexibility index (Phi) is 7.65. The molecule has 0 saturated carbocycles. The highest BCUT2D eigenvalue weighted by Gasteiger charge is 2.34. The number of amides is 2. The summed E-state index contributed by atoms with van der Waals surface area (Å²) < 4.78 is 27.5. The second kappa shape index (κ2) is 10.7. The minimum absolute atomic E-state index is 0.0729. The number of nitrogens with zero attached hydrogens (tertiary/aromatic N) is 2. The van der Waals surface area contributed by atoms with Crippen LogP contribution < -0.4 is 10.9 Å². The lowest BCUT2D eigenvalue weighted by atomic mass is 9.99. The monoisotopic (exact) mass is 484 g/mol. The fourth-order valence-electron chi connectivity index (χ4n) is 4.53. The van der Waals surface area contributed by atoms with Crippen LogP contribution in [0, 0.1) is 12.8 Å². The van der Waals surface area contributed by atoms with Crippen LogP contribution in [0.3, 0.4) is 0 Å². The lowest BCUT2D eigenvalue weighted by molar-refractivity contribution is -0.134. The summed E-state index contributed by atoms with van der Waals surface area (Å²) in [4.78, 5) is 28.2. The lowest BCUT2D eigenvalue weighted by Gasteiger charge is -2.32. The Morgan fingerprint density at radius 3 is 2.29 bits per heavy atom. The van der Waals surface area contributed by atoms with Crippen LogP contribution in [0.2, 0.25) is 0 Å². The third kappa shape index (κ3) is 5.48. The molecule has 0 spiro atoms. The highest BCUT2D eigenvalue weighted by Crippen LogP contribution is 2.24. The fraction of sp³-hybridized carbons (Fsp3) is 0.440. The molecule has 2 saturated heterocycles. The van der Waals surface area contributed by atoms with E-state index < -0.39 is 22.0 Å². The summed E-state index contributed by atoms with van der Waals surface area (Å²) in [5.41, 5.74) is 7.41. The van der Waals surface area contributed by atoms with E-state index in [0.29, 0.717) is 32.5 Å². The lowest BCUT2D eigenvalue weighted by Crippen LogP contribution is -2.51. The van der Waals surface area contributed by atoms with Gasteiger partial charge in [0.2, 0.25) is 21.8 Å². The van der Waals surface area contributed by atoms with E-state index >= 15 is 0 Å². The summed E-state index contributed by atoms with van der Waals surface area (Å²) in [6, 6.07) is 15.4. The van der Waals surface area contributed by atoms with E-state index in [9.17, 15) is 18.0 Å². The standard InChI is InChI=1S/C25H32N4O4S/c1-19-11-13-22(14-12-19)34(32,33)29-17-7-10-21(18-29)24(30)27-26-23(20-8-3-2-4-9-20)25(31)28-15-5-6-16-28/h2-4,8-9,11-14,21,23,26H,5-7,10,15-18H2,1H3,(H,27,30)/t21-,23+/m1/s1. The van der Waals surface area contributed by atoms with Gasteiger partial charge in [-0.05, 0) is 50.3 Å². The van der Waals surface area contributed by atoms with E-state index in [1.54, 1.807) is 24.3 Å². The van der Waals surface area contributed by atoms with Gasteiger partial charge in [0.25, 0.3) is 0 Å². The van der Waals surface area contributed by atoms with Crippen LogP contribution in [0.5, 0.6) is 0 Å². The molecule has 2 heterocycles. The predicted molar refractivity (Wildman–Crippen MR) is 129 cm³/mol. The number of likely N-dealkylation sites (tertiary alicyclic amines) is 1. The first-order valence-corrected chi connectivity index (χ1v) is 13.3. The number of hydrogen-bond donors (Lipinski definition) is 2. The summed E-state index contributed by atoms with van der Waals surface area (Å²) in [5, 5.41) is 0. The molecule has 0 bridgehead atoms. The van der Waals surface area contributed by atoms with Crippen molar-refractivity contribution in [2.75, 3.05) is 26.2 Å². The second-order valence-electron chi connectivity index (χ2n) is 9.02. The zero-order valence-electron chi connectivity index (χ0n) is 19.4. The first-order valence-electron chi connectivity index (χ1n) is 11.8. The molecule has 2 amide bonds. The highest BCUT2D eigenvalue weighted by atomic mass is 32.2. The van der Waals surface area contributed by atoms with E-state index in [0.717, 1.165) is 24.0 Å². The van der Waals surface area contributed by atoms with Crippen molar-refractivity contribution in [3.63, 3.8) is 0 Å². The fourth-order valence-corrected chi connectivity index (χ4v) is 6.06. The molecular weight excluding hydrogens is 452 g/mol. The van der Waals surface area contributed by atoms with Gasteiger partial charge in [0.1, 0.15) is 6.04 Å². The van der Waals surface area contributed by atoms with Crippen molar-refractivity contribution in [3.05, 3.63) is 65.7 Å². The van der Waals surface area contributed by atoms with Gasteiger partial charge in [-0.15, -0.1) is 0 Å². The number of piperidine rings is 1. The summed E-state index contributed by atoms with van der Waals surface area (Å²) >= 11 is 0. The molecule has 2 fully saturated rings. The van der Waals surface area contributed by atoms with Crippen molar-refractivity contribution < 1.29 is 18.0 Å². The summed E-state index contributed by atoms with van der Waals surface area (Å²) in [6.07, 6.45) is 3.14. The molecule has 2 aromatic rings. The van der Waals surface area contributed by atoms with Gasteiger partial charge in [0, 0.05) is 26.2 Å². The number of carbonyl (C=O) groups excluding carboxylic acids is 2. The molecule has 9 heteroatoms. The van der Waals surface area contributed by atoms with Gasteiger partial charge in [-0.25, -0.2) is 13.8 Å². The molecule has 2 atom stereocenters. The average molecular weight is 485 g/mol. The van der Waals surface area contributed by atoms with Gasteiger partial charge >= 0.3 is 0 Å². The Hall–Kier alpha value is -2.75. The molecular formula is C25H32N4O4S. The van der Waals surface area contributed by atoms with E-state index in [4.69, 9.17) is 0 Å². The molecule has 0 unspecified atom stereocenters. The molecule has 182 valence electrons. The predicted octanol–water partition coefficient (Wildman–Crippen LogP) is 2.38. The maximum Gasteiger partial charge on any atom is 0.246 e. The van der Waals surface area contributed by atoms with E-state index in [1.807, 2.05) is 42.2 Å². The average Bonchev–Trinajstić information content (AvgIpc) is 3.40. The van der Waals surface area contributed by atoms with Crippen LogP contribution in [-0.4, -0.2) is 55.6 Å². The maximum atomic E-state index is 13.1. The smallest absolute Gasteiger partial charge is 0.246 e. The summed E-state index contributed by atoms with van der Waals surface area (Å²) in [7, 11) is -3.67. The van der Waals surface area contributed by atoms with E-state index in [-0.39, 0.29) is 23.3 Å². The van der Waals surface area contributed by atoms with Crippen LogP contribution in [0.15, 0.2) is 59.5 Å². The molecule has 2 aliphatic heterocycles. The first kappa shape index (κ1) is 24.4. The second-order valence-corrected chi connectivity index (χ2v) is 11.0. The SMILES string of the molecule is Cc1ccc(S(=O)(=O)N2CCC[C@@H](C(=O)NN[C@H](C(=O)N3CCCC3)c3ccccc3)C2)cc1. The van der Waals surface area contributed by atoms with Crippen molar-refractivity contribution in [2.45, 2.75) is 43.5 Å². The zero-order chi connectivity index (χ0) is 24.1. The molecule has 0 aromatic heterocycles. The molecule has 2 aromatic carbocycles. The number of sulfonamides is 1. The molecule has 2 N–H and O–H groups in total. The van der Waals surface area contributed by atoms with Crippen LogP contribution in [0.4, 0.5) is 0 Å². The number of benzene rings is 2. The number of carbonyl (C=O) groups is 2. The number of hydrogen-bond acceptors (Lipinski definition) is 5. The van der Waals surface area contributed by atoms with Gasteiger partial charge < -0.3 is 4.90 Å². The molecule has 8 nitrogen and oxygen atoms in total. The number of hydrazine groups is 1. The number of aryl methyl sites for hydroxylation is 1. The van der Waals surface area contributed by atoms with E-state index in [2.05, 4.69) is 10.9 Å².